The minimum Gasteiger partial charge on any atom is -0.399 e. The Hall–Kier alpha value is -0.535. The van der Waals surface area contributed by atoms with E-state index >= 15 is 0 Å². The van der Waals surface area contributed by atoms with E-state index in [1.54, 1.807) is 0 Å². The van der Waals surface area contributed by atoms with Crippen molar-refractivity contribution in [3.8, 4) is 0 Å². The van der Waals surface area contributed by atoms with E-state index in [9.17, 15) is 0 Å². The first-order valence-corrected chi connectivity index (χ1v) is 6.06. The lowest BCUT2D eigenvalue weighted by Crippen LogP contribution is -2.41. The molecule has 1 fully saturated rings. The van der Waals surface area contributed by atoms with E-state index in [0.29, 0.717) is 0 Å². The Balaban J connectivity index is 2.21. The molecule has 0 bridgehead atoms. The predicted octanol–water partition coefficient (Wildman–Crippen LogP) is 3.28. The number of hydrogen-bond acceptors (Lipinski definition) is 2. The van der Waals surface area contributed by atoms with Crippen LogP contribution in [0.5, 0.6) is 0 Å². The Morgan fingerprint density at radius 3 is 2.00 bits per heavy atom. The lowest BCUT2D eigenvalue weighted by Gasteiger charge is -2.32. The smallest absolute Gasteiger partial charge is 0.399 e. The van der Waals surface area contributed by atoms with Crippen LogP contribution in [0, 0.1) is 0 Å². The summed E-state index contributed by atoms with van der Waals surface area (Å²) in [6.45, 7) is 10.5. The molecule has 88 valence electrons. The van der Waals surface area contributed by atoms with Gasteiger partial charge in [-0.25, -0.2) is 0 Å². The van der Waals surface area contributed by atoms with Crippen molar-refractivity contribution in [3.05, 3.63) is 23.2 Å². The second-order valence-electron chi connectivity index (χ2n) is 5.71. The van der Waals surface area contributed by atoms with Gasteiger partial charge in [0.1, 0.15) is 0 Å². The topological polar surface area (TPSA) is 18.5 Å². The fourth-order valence-electron chi connectivity index (χ4n) is 2.07. The van der Waals surface area contributed by atoms with Crippen LogP contribution in [-0.4, -0.2) is 18.3 Å². The molecule has 3 heteroatoms. The molecule has 2 rings (SSSR count). The first-order valence-electron chi connectivity index (χ1n) is 6.06. The Labute approximate surface area is 98.8 Å². The van der Waals surface area contributed by atoms with E-state index in [2.05, 4.69) is 46.8 Å². The van der Waals surface area contributed by atoms with Crippen LogP contribution in [0.1, 0.15) is 47.5 Å². The quantitative estimate of drug-likeness (QED) is 0.631. The predicted molar refractivity (Wildman–Crippen MR) is 67.2 cm³/mol. The molecule has 0 aromatic carbocycles. The van der Waals surface area contributed by atoms with Gasteiger partial charge >= 0.3 is 7.12 Å². The van der Waals surface area contributed by atoms with Crippen LogP contribution < -0.4 is 0 Å². The molecule has 2 aliphatic rings. The maximum Gasteiger partial charge on any atom is 0.494 e. The molecule has 0 aromatic heterocycles. The lowest BCUT2D eigenvalue weighted by atomic mass is 9.72. The molecule has 1 saturated heterocycles. The standard InChI is InChI=1S/C13H21BO2/c1-10-8-6-7-9-11(10)14-15-12(2,3)13(4,5)16-14/h8-9H,6-7H2,1-5H3. The second kappa shape index (κ2) is 3.74. The Bertz CT molecular complexity index is 337. The number of allylic oxidation sites excluding steroid dienone is 4. The van der Waals surface area contributed by atoms with E-state index in [1.807, 2.05) is 0 Å². The highest BCUT2D eigenvalue weighted by Crippen LogP contribution is 2.40. The summed E-state index contributed by atoms with van der Waals surface area (Å²) in [5.41, 5.74) is 2.03. The zero-order valence-corrected chi connectivity index (χ0v) is 11.0. The average molecular weight is 220 g/mol. The molecular weight excluding hydrogens is 199 g/mol. The Morgan fingerprint density at radius 2 is 1.50 bits per heavy atom. The molecule has 0 aromatic rings. The summed E-state index contributed by atoms with van der Waals surface area (Å²) in [5.74, 6) is 0. The fourth-order valence-corrected chi connectivity index (χ4v) is 2.07. The minimum absolute atomic E-state index is 0.193. The van der Waals surface area contributed by atoms with Gasteiger partial charge in [-0.15, -0.1) is 0 Å². The summed E-state index contributed by atoms with van der Waals surface area (Å²) in [4.78, 5) is 0. The van der Waals surface area contributed by atoms with Gasteiger partial charge in [-0.05, 0) is 52.9 Å². The highest BCUT2D eigenvalue weighted by molar-refractivity contribution is 6.56. The van der Waals surface area contributed by atoms with Crippen molar-refractivity contribution in [2.24, 2.45) is 0 Å². The van der Waals surface area contributed by atoms with Crippen molar-refractivity contribution in [1.82, 2.24) is 0 Å². The van der Waals surface area contributed by atoms with Crippen LogP contribution in [-0.2, 0) is 9.31 Å². The molecule has 2 nitrogen and oxygen atoms in total. The molecule has 0 unspecified atom stereocenters. The lowest BCUT2D eigenvalue weighted by molar-refractivity contribution is 0.00578. The van der Waals surface area contributed by atoms with E-state index in [-0.39, 0.29) is 18.3 Å². The Kier molecular flexibility index (Phi) is 2.79. The number of rotatable bonds is 1. The number of hydrogen-bond donors (Lipinski definition) is 0. The van der Waals surface area contributed by atoms with Gasteiger partial charge in [0.2, 0.25) is 0 Å². The summed E-state index contributed by atoms with van der Waals surface area (Å²) < 4.78 is 12.1. The van der Waals surface area contributed by atoms with Gasteiger partial charge in [0.25, 0.3) is 0 Å². The highest BCUT2D eigenvalue weighted by atomic mass is 16.7. The van der Waals surface area contributed by atoms with Crippen molar-refractivity contribution in [1.29, 1.82) is 0 Å². The summed E-state index contributed by atoms with van der Waals surface area (Å²) >= 11 is 0. The highest BCUT2D eigenvalue weighted by Gasteiger charge is 2.52. The van der Waals surface area contributed by atoms with Crippen molar-refractivity contribution in [2.75, 3.05) is 0 Å². The summed E-state index contributed by atoms with van der Waals surface area (Å²) in [6, 6.07) is 0. The molecule has 0 spiro atoms. The summed E-state index contributed by atoms with van der Waals surface area (Å²) in [7, 11) is -0.193. The van der Waals surface area contributed by atoms with Crippen LogP contribution in [0.2, 0.25) is 0 Å². The van der Waals surface area contributed by atoms with Crippen LogP contribution in [0.25, 0.3) is 0 Å². The molecule has 0 radical (unpaired) electrons. The molecule has 1 aliphatic heterocycles. The van der Waals surface area contributed by atoms with Gasteiger partial charge in [-0.2, -0.15) is 0 Å². The van der Waals surface area contributed by atoms with Gasteiger partial charge < -0.3 is 9.31 Å². The molecule has 1 heterocycles. The van der Waals surface area contributed by atoms with E-state index < -0.39 is 0 Å². The zero-order chi connectivity index (χ0) is 12.0. The summed E-state index contributed by atoms with van der Waals surface area (Å²) in [5, 5.41) is 0. The largest absolute Gasteiger partial charge is 0.494 e. The average Bonchev–Trinajstić information content (AvgIpc) is 2.36. The monoisotopic (exact) mass is 220 g/mol. The Morgan fingerprint density at radius 1 is 1.00 bits per heavy atom. The molecule has 0 amide bonds. The van der Waals surface area contributed by atoms with Gasteiger partial charge in [0.15, 0.2) is 0 Å². The second-order valence-corrected chi connectivity index (χ2v) is 5.71. The van der Waals surface area contributed by atoms with Crippen molar-refractivity contribution < 1.29 is 9.31 Å². The van der Waals surface area contributed by atoms with Crippen LogP contribution in [0.4, 0.5) is 0 Å². The van der Waals surface area contributed by atoms with E-state index in [0.717, 1.165) is 12.8 Å². The van der Waals surface area contributed by atoms with Gasteiger partial charge in [-0.3, -0.25) is 0 Å². The van der Waals surface area contributed by atoms with E-state index in [4.69, 9.17) is 9.31 Å². The SMILES string of the molecule is CC1=CCCC=C1B1OC(C)(C)C(C)(C)O1. The molecule has 0 saturated carbocycles. The fraction of sp³-hybridized carbons (Fsp3) is 0.692. The van der Waals surface area contributed by atoms with Crippen molar-refractivity contribution >= 4 is 7.12 Å². The summed E-state index contributed by atoms with van der Waals surface area (Å²) in [6.07, 6.45) is 6.74. The van der Waals surface area contributed by atoms with Crippen LogP contribution in [0.15, 0.2) is 23.2 Å². The van der Waals surface area contributed by atoms with E-state index in [1.165, 1.54) is 11.0 Å². The van der Waals surface area contributed by atoms with Gasteiger partial charge in [0.05, 0.1) is 11.2 Å². The molecular formula is C13H21BO2. The zero-order valence-electron chi connectivity index (χ0n) is 11.0. The molecule has 0 atom stereocenters. The molecule has 16 heavy (non-hydrogen) atoms. The van der Waals surface area contributed by atoms with Crippen molar-refractivity contribution in [3.63, 3.8) is 0 Å². The third-order valence-corrected chi connectivity index (χ3v) is 3.94. The third-order valence-electron chi connectivity index (χ3n) is 3.94. The molecule has 0 N–H and O–H groups in total. The van der Waals surface area contributed by atoms with Gasteiger partial charge in [-0.1, -0.05) is 17.7 Å². The normalized spacial score (nSPS) is 27.7. The first kappa shape index (κ1) is 11.9. The first-order chi connectivity index (χ1) is 7.33. The van der Waals surface area contributed by atoms with Gasteiger partial charge in [0, 0.05) is 0 Å². The third kappa shape index (κ3) is 1.87. The minimum atomic E-state index is -0.240. The van der Waals surface area contributed by atoms with Crippen LogP contribution in [0.3, 0.4) is 0 Å². The van der Waals surface area contributed by atoms with Crippen molar-refractivity contribution in [2.45, 2.75) is 58.7 Å². The van der Waals surface area contributed by atoms with Crippen LogP contribution >= 0.6 is 0 Å². The molecule has 1 aliphatic carbocycles. The maximum atomic E-state index is 6.04. The maximum absolute atomic E-state index is 6.04.